The van der Waals surface area contributed by atoms with Gasteiger partial charge in [0.25, 0.3) is 0 Å². The number of ether oxygens (including phenoxy) is 1. The molecule has 0 aliphatic carbocycles. The Hall–Kier alpha value is -2.04. The third-order valence-electron chi connectivity index (χ3n) is 2.42. The summed E-state index contributed by atoms with van der Waals surface area (Å²) in [5.41, 5.74) is 7.04. The first kappa shape index (κ1) is 16.0. The van der Waals surface area contributed by atoms with Crippen LogP contribution in [0.5, 0.6) is 0 Å². The molecule has 0 bridgehead atoms. The third kappa shape index (κ3) is 6.22. The number of nitrogens with two attached hydrogens (primary N) is 1. The standard InChI is InChI=1S/C15H23N3O2/c1-11-12(8-9-13(16)18-11)7-5-6-10-17-14(19)20-15(2,3)4/h5,7-9H,6,10H2,1-4H3,(H2,16,18)(H,17,19). The van der Waals surface area contributed by atoms with Gasteiger partial charge in [0.15, 0.2) is 0 Å². The van der Waals surface area contributed by atoms with E-state index in [-0.39, 0.29) is 0 Å². The van der Waals surface area contributed by atoms with Crippen molar-refractivity contribution >= 4 is 18.0 Å². The van der Waals surface area contributed by atoms with E-state index in [1.54, 1.807) is 6.07 Å². The van der Waals surface area contributed by atoms with Gasteiger partial charge in [-0.05, 0) is 51.8 Å². The molecule has 0 atom stereocenters. The molecule has 0 saturated heterocycles. The number of amides is 1. The molecule has 0 aliphatic rings. The second-order valence-electron chi connectivity index (χ2n) is 5.53. The van der Waals surface area contributed by atoms with Crippen LogP contribution in [0.4, 0.5) is 10.6 Å². The Balaban J connectivity index is 2.34. The van der Waals surface area contributed by atoms with Gasteiger partial charge < -0.3 is 15.8 Å². The monoisotopic (exact) mass is 277 g/mol. The van der Waals surface area contributed by atoms with Crippen molar-refractivity contribution in [2.45, 2.75) is 39.7 Å². The van der Waals surface area contributed by atoms with Crippen molar-refractivity contribution in [1.82, 2.24) is 10.3 Å². The van der Waals surface area contributed by atoms with Crippen LogP contribution in [0.15, 0.2) is 18.2 Å². The zero-order chi connectivity index (χ0) is 15.2. The lowest BCUT2D eigenvalue weighted by molar-refractivity contribution is 0.0529. The van der Waals surface area contributed by atoms with Crippen molar-refractivity contribution in [1.29, 1.82) is 0 Å². The van der Waals surface area contributed by atoms with Gasteiger partial charge in [-0.25, -0.2) is 9.78 Å². The van der Waals surface area contributed by atoms with Gasteiger partial charge >= 0.3 is 6.09 Å². The lowest BCUT2D eigenvalue weighted by atomic mass is 10.2. The third-order valence-corrected chi connectivity index (χ3v) is 2.42. The van der Waals surface area contributed by atoms with E-state index in [1.807, 2.05) is 45.9 Å². The summed E-state index contributed by atoms with van der Waals surface area (Å²) in [5, 5.41) is 2.70. The van der Waals surface area contributed by atoms with Gasteiger partial charge in [-0.15, -0.1) is 0 Å². The van der Waals surface area contributed by atoms with Gasteiger partial charge in [0.1, 0.15) is 11.4 Å². The lowest BCUT2D eigenvalue weighted by Crippen LogP contribution is -2.32. The number of anilines is 1. The Kier molecular flexibility index (Phi) is 5.55. The summed E-state index contributed by atoms with van der Waals surface area (Å²) in [7, 11) is 0. The molecule has 0 aromatic carbocycles. The topological polar surface area (TPSA) is 77.2 Å². The van der Waals surface area contributed by atoms with E-state index >= 15 is 0 Å². The Morgan fingerprint density at radius 3 is 2.75 bits per heavy atom. The predicted octanol–water partition coefficient (Wildman–Crippen LogP) is 2.90. The Morgan fingerprint density at radius 1 is 1.45 bits per heavy atom. The van der Waals surface area contributed by atoms with E-state index in [4.69, 9.17) is 10.5 Å². The van der Waals surface area contributed by atoms with Crippen LogP contribution >= 0.6 is 0 Å². The number of pyridine rings is 1. The van der Waals surface area contributed by atoms with Crippen molar-refractivity contribution < 1.29 is 9.53 Å². The summed E-state index contributed by atoms with van der Waals surface area (Å²) in [6.45, 7) is 7.96. The maximum Gasteiger partial charge on any atom is 0.407 e. The first-order valence-corrected chi connectivity index (χ1v) is 6.64. The van der Waals surface area contributed by atoms with Crippen molar-refractivity contribution in [2.24, 2.45) is 0 Å². The fourth-order valence-corrected chi connectivity index (χ4v) is 1.55. The van der Waals surface area contributed by atoms with E-state index in [1.165, 1.54) is 0 Å². The second-order valence-corrected chi connectivity index (χ2v) is 5.53. The second kappa shape index (κ2) is 6.93. The Morgan fingerprint density at radius 2 is 2.15 bits per heavy atom. The summed E-state index contributed by atoms with van der Waals surface area (Å²) in [5.74, 6) is 0.520. The Bertz CT molecular complexity index is 490. The van der Waals surface area contributed by atoms with Crippen molar-refractivity contribution in [3.8, 4) is 0 Å². The zero-order valence-electron chi connectivity index (χ0n) is 12.6. The highest BCUT2D eigenvalue weighted by Gasteiger charge is 2.15. The van der Waals surface area contributed by atoms with Crippen LogP contribution in [-0.4, -0.2) is 23.2 Å². The van der Waals surface area contributed by atoms with E-state index in [0.29, 0.717) is 12.4 Å². The zero-order valence-corrected chi connectivity index (χ0v) is 12.6. The molecule has 1 aromatic rings. The first-order valence-electron chi connectivity index (χ1n) is 6.64. The number of hydrogen-bond acceptors (Lipinski definition) is 4. The van der Waals surface area contributed by atoms with E-state index < -0.39 is 11.7 Å². The molecule has 5 heteroatoms. The molecule has 1 amide bonds. The van der Waals surface area contributed by atoms with E-state index in [0.717, 1.165) is 17.7 Å². The van der Waals surface area contributed by atoms with Crippen LogP contribution in [-0.2, 0) is 4.74 Å². The molecular weight excluding hydrogens is 254 g/mol. The number of aryl methyl sites for hydroxylation is 1. The van der Waals surface area contributed by atoms with Crippen LogP contribution in [0.3, 0.4) is 0 Å². The van der Waals surface area contributed by atoms with Crippen molar-refractivity contribution in [3.05, 3.63) is 29.5 Å². The van der Waals surface area contributed by atoms with E-state index in [9.17, 15) is 4.79 Å². The highest BCUT2D eigenvalue weighted by Crippen LogP contribution is 2.10. The number of carbonyl (C=O) groups excluding carboxylic acids is 1. The minimum absolute atomic E-state index is 0.392. The van der Waals surface area contributed by atoms with Gasteiger partial charge in [-0.1, -0.05) is 12.2 Å². The van der Waals surface area contributed by atoms with Gasteiger partial charge in [0, 0.05) is 12.2 Å². The number of nitrogen functional groups attached to an aromatic ring is 1. The van der Waals surface area contributed by atoms with Gasteiger partial charge in [0.05, 0.1) is 0 Å². The van der Waals surface area contributed by atoms with Crippen molar-refractivity contribution in [3.63, 3.8) is 0 Å². The summed E-state index contributed by atoms with van der Waals surface area (Å²) in [4.78, 5) is 15.6. The highest BCUT2D eigenvalue weighted by atomic mass is 16.6. The number of nitrogens with one attached hydrogen (secondary N) is 1. The average Bonchev–Trinajstić information content (AvgIpc) is 2.28. The smallest absolute Gasteiger partial charge is 0.407 e. The summed E-state index contributed by atoms with van der Waals surface area (Å²) < 4.78 is 5.14. The summed E-state index contributed by atoms with van der Waals surface area (Å²) >= 11 is 0. The van der Waals surface area contributed by atoms with Crippen LogP contribution in [0.25, 0.3) is 6.08 Å². The minimum atomic E-state index is -0.466. The molecule has 110 valence electrons. The largest absolute Gasteiger partial charge is 0.444 e. The quantitative estimate of drug-likeness (QED) is 0.830. The molecule has 20 heavy (non-hydrogen) atoms. The molecule has 0 fully saturated rings. The first-order chi connectivity index (χ1) is 9.28. The number of aromatic nitrogens is 1. The predicted molar refractivity (Wildman–Crippen MR) is 81.3 cm³/mol. The molecule has 0 unspecified atom stereocenters. The molecule has 1 aromatic heterocycles. The molecule has 1 heterocycles. The lowest BCUT2D eigenvalue weighted by Gasteiger charge is -2.19. The van der Waals surface area contributed by atoms with Gasteiger partial charge in [-0.2, -0.15) is 0 Å². The average molecular weight is 277 g/mol. The van der Waals surface area contributed by atoms with Crippen LogP contribution in [0.2, 0.25) is 0 Å². The number of rotatable bonds is 4. The minimum Gasteiger partial charge on any atom is -0.444 e. The molecule has 0 aliphatic heterocycles. The van der Waals surface area contributed by atoms with Gasteiger partial charge in [0.2, 0.25) is 0 Å². The van der Waals surface area contributed by atoms with Crippen molar-refractivity contribution in [2.75, 3.05) is 12.3 Å². The molecule has 3 N–H and O–H groups in total. The molecule has 1 rings (SSSR count). The van der Waals surface area contributed by atoms with Gasteiger partial charge in [-0.3, -0.25) is 0 Å². The fourth-order valence-electron chi connectivity index (χ4n) is 1.55. The molecule has 0 spiro atoms. The fraction of sp³-hybridized carbons (Fsp3) is 0.467. The highest BCUT2D eigenvalue weighted by molar-refractivity contribution is 5.67. The SMILES string of the molecule is Cc1nc(N)ccc1C=CCCNC(=O)OC(C)(C)C. The molecule has 5 nitrogen and oxygen atoms in total. The van der Waals surface area contributed by atoms with E-state index in [2.05, 4.69) is 10.3 Å². The Labute approximate surface area is 120 Å². The summed E-state index contributed by atoms with van der Waals surface area (Å²) in [6.07, 6.45) is 4.29. The maximum atomic E-state index is 11.4. The number of carbonyl (C=O) groups is 1. The molecular formula is C15H23N3O2. The number of nitrogens with zero attached hydrogens (tertiary/aromatic N) is 1. The normalized spacial score (nSPS) is 11.6. The number of alkyl carbamates (subject to hydrolysis) is 1. The van der Waals surface area contributed by atoms with Crippen LogP contribution in [0.1, 0.15) is 38.4 Å². The number of hydrogen-bond donors (Lipinski definition) is 2. The van der Waals surface area contributed by atoms with Crippen LogP contribution in [0, 0.1) is 6.92 Å². The molecule has 0 saturated carbocycles. The summed E-state index contributed by atoms with van der Waals surface area (Å²) in [6, 6.07) is 3.70. The molecule has 0 radical (unpaired) electrons. The maximum absolute atomic E-state index is 11.4. The van der Waals surface area contributed by atoms with Crippen LogP contribution < -0.4 is 11.1 Å².